The van der Waals surface area contributed by atoms with Crippen molar-refractivity contribution in [3.05, 3.63) is 0 Å². The number of nitrogens with zero attached hydrogens (tertiary/aromatic N) is 3. The quantitative estimate of drug-likeness (QED) is 0.454. The van der Waals surface area contributed by atoms with E-state index >= 15 is 0 Å². The van der Waals surface area contributed by atoms with Gasteiger partial charge in [0.15, 0.2) is 0 Å². The summed E-state index contributed by atoms with van der Waals surface area (Å²) in [5.74, 6) is 0. The third kappa shape index (κ3) is 2.73. The zero-order valence-corrected chi connectivity index (χ0v) is 8.84. The van der Waals surface area contributed by atoms with Gasteiger partial charge in [-0.25, -0.2) is 0 Å². The zero-order chi connectivity index (χ0) is 9.23. The van der Waals surface area contributed by atoms with E-state index in [9.17, 15) is 0 Å². The van der Waals surface area contributed by atoms with Gasteiger partial charge >= 0.3 is 17.6 Å². The molecule has 0 spiro atoms. The van der Waals surface area contributed by atoms with E-state index in [4.69, 9.17) is 0 Å². The van der Waals surface area contributed by atoms with Crippen LogP contribution in [0.25, 0.3) is 0 Å². The average molecular weight is 236 g/mol. The van der Waals surface area contributed by atoms with Gasteiger partial charge in [0.25, 0.3) is 0 Å². The Balaban J connectivity index is 0. The molecule has 0 bridgehead atoms. The standard InChI is InChI=1S/C8H21N3.GeH4/c1-8(9(2)3,10(4)5)11(6)7;/h1-7H3;1H4. The molecule has 0 N–H and O–H groups in total. The molecule has 0 saturated heterocycles. The summed E-state index contributed by atoms with van der Waals surface area (Å²) in [7, 11) is 12.5. The van der Waals surface area contributed by atoms with Gasteiger partial charge in [0, 0.05) is 0 Å². The van der Waals surface area contributed by atoms with Gasteiger partial charge in [-0.1, -0.05) is 0 Å². The second kappa shape index (κ2) is 5.22. The molecule has 0 atom stereocenters. The molecular formula is C8H25GeN3. The number of hydrogen-bond donors (Lipinski definition) is 0. The fraction of sp³-hybridized carbons (Fsp3) is 1.00. The topological polar surface area (TPSA) is 9.72 Å². The molecule has 76 valence electrons. The van der Waals surface area contributed by atoms with Crippen molar-refractivity contribution in [3.8, 4) is 0 Å². The maximum atomic E-state index is 2.19. The molecule has 0 aromatic rings. The van der Waals surface area contributed by atoms with Gasteiger partial charge in [-0.05, 0) is 49.2 Å². The molecule has 0 unspecified atom stereocenters. The molecule has 0 aliphatic carbocycles. The monoisotopic (exact) mass is 237 g/mol. The van der Waals surface area contributed by atoms with Gasteiger partial charge in [-0.3, -0.25) is 14.7 Å². The summed E-state index contributed by atoms with van der Waals surface area (Å²) in [6, 6.07) is 0. The Labute approximate surface area is 87.7 Å². The first-order valence-electron chi connectivity index (χ1n) is 3.85. The Morgan fingerprint density at radius 2 is 0.833 bits per heavy atom. The van der Waals surface area contributed by atoms with E-state index in [1.54, 1.807) is 0 Å². The van der Waals surface area contributed by atoms with Crippen LogP contribution < -0.4 is 0 Å². The first-order chi connectivity index (χ1) is 4.83. The van der Waals surface area contributed by atoms with Crippen LogP contribution in [-0.4, -0.2) is 80.4 Å². The van der Waals surface area contributed by atoms with E-state index in [0.29, 0.717) is 0 Å². The predicted molar refractivity (Wildman–Crippen MR) is 60.8 cm³/mol. The van der Waals surface area contributed by atoms with Crippen molar-refractivity contribution in [3.63, 3.8) is 0 Å². The molecule has 0 fully saturated rings. The van der Waals surface area contributed by atoms with Gasteiger partial charge in [0.05, 0.1) is 0 Å². The second-order valence-electron chi connectivity index (χ2n) is 3.65. The molecule has 0 heterocycles. The Morgan fingerprint density at radius 3 is 0.833 bits per heavy atom. The molecular weight excluding hydrogens is 211 g/mol. The van der Waals surface area contributed by atoms with E-state index < -0.39 is 0 Å². The van der Waals surface area contributed by atoms with Crippen LogP contribution in [0.5, 0.6) is 0 Å². The van der Waals surface area contributed by atoms with Crippen molar-refractivity contribution in [2.45, 2.75) is 12.7 Å². The van der Waals surface area contributed by atoms with Gasteiger partial charge < -0.3 is 0 Å². The third-order valence-electron chi connectivity index (χ3n) is 2.54. The molecule has 12 heavy (non-hydrogen) atoms. The van der Waals surface area contributed by atoms with Crippen LogP contribution in [0, 0.1) is 0 Å². The van der Waals surface area contributed by atoms with Gasteiger partial charge in [0.2, 0.25) is 0 Å². The average Bonchev–Trinajstić information content (AvgIpc) is 1.84. The summed E-state index contributed by atoms with van der Waals surface area (Å²) in [6.45, 7) is 2.19. The first kappa shape index (κ1) is 14.9. The summed E-state index contributed by atoms with van der Waals surface area (Å²) < 4.78 is 0. The normalized spacial score (nSPS) is 12.5. The van der Waals surface area contributed by atoms with Crippen molar-refractivity contribution < 1.29 is 0 Å². The molecule has 0 aromatic heterocycles. The summed E-state index contributed by atoms with van der Waals surface area (Å²) in [6.07, 6.45) is 0. The summed E-state index contributed by atoms with van der Waals surface area (Å²) >= 11 is 0. The van der Waals surface area contributed by atoms with Gasteiger partial charge in [-0.15, -0.1) is 0 Å². The third-order valence-corrected chi connectivity index (χ3v) is 2.54. The molecule has 0 rings (SSSR count). The van der Waals surface area contributed by atoms with Gasteiger partial charge in [0.1, 0.15) is 5.79 Å². The maximum absolute atomic E-state index is 2.19. The molecule has 0 aromatic carbocycles. The zero-order valence-electron chi connectivity index (χ0n) is 8.84. The van der Waals surface area contributed by atoms with Crippen LogP contribution in [0.4, 0.5) is 0 Å². The molecule has 0 amide bonds. The van der Waals surface area contributed by atoms with E-state index in [1.807, 2.05) is 0 Å². The molecule has 4 heteroatoms. The SMILES string of the molecule is CN(C)C(C)(N(C)C)N(C)C.[GeH4]. The van der Waals surface area contributed by atoms with Crippen LogP contribution in [0.1, 0.15) is 6.92 Å². The van der Waals surface area contributed by atoms with E-state index in [2.05, 4.69) is 63.9 Å². The fourth-order valence-corrected chi connectivity index (χ4v) is 1.20. The first-order valence-corrected chi connectivity index (χ1v) is 3.85. The summed E-state index contributed by atoms with van der Waals surface area (Å²) in [5.41, 5.74) is 0. The second-order valence-corrected chi connectivity index (χ2v) is 3.65. The summed E-state index contributed by atoms with van der Waals surface area (Å²) in [5, 5.41) is 0. The van der Waals surface area contributed by atoms with Crippen LogP contribution in [0.15, 0.2) is 0 Å². The van der Waals surface area contributed by atoms with E-state index in [1.165, 1.54) is 0 Å². The molecule has 0 saturated carbocycles. The van der Waals surface area contributed by atoms with Crippen molar-refractivity contribution in [1.82, 2.24) is 14.7 Å². The Hall–Kier alpha value is 0.423. The van der Waals surface area contributed by atoms with Crippen molar-refractivity contribution in [1.29, 1.82) is 0 Å². The Morgan fingerprint density at radius 1 is 0.667 bits per heavy atom. The molecule has 0 aliphatic rings. The minimum absolute atomic E-state index is 0. The molecule has 0 radical (unpaired) electrons. The van der Waals surface area contributed by atoms with Gasteiger partial charge in [-0.2, -0.15) is 0 Å². The molecule has 0 aliphatic heterocycles. The van der Waals surface area contributed by atoms with Crippen LogP contribution in [-0.2, 0) is 0 Å². The molecule has 3 nitrogen and oxygen atoms in total. The Kier molecular flexibility index (Phi) is 6.49. The minimum atomic E-state index is 0. The Bertz CT molecular complexity index is 102. The van der Waals surface area contributed by atoms with Crippen molar-refractivity contribution >= 4 is 17.6 Å². The van der Waals surface area contributed by atoms with Crippen LogP contribution in [0.3, 0.4) is 0 Å². The van der Waals surface area contributed by atoms with E-state index in [-0.39, 0.29) is 23.4 Å². The van der Waals surface area contributed by atoms with E-state index in [0.717, 1.165) is 0 Å². The van der Waals surface area contributed by atoms with Crippen molar-refractivity contribution in [2.24, 2.45) is 0 Å². The van der Waals surface area contributed by atoms with Crippen LogP contribution in [0.2, 0.25) is 0 Å². The van der Waals surface area contributed by atoms with Crippen LogP contribution >= 0.6 is 0 Å². The number of rotatable bonds is 3. The number of hydrogen-bond acceptors (Lipinski definition) is 3. The summed E-state index contributed by atoms with van der Waals surface area (Å²) in [4.78, 5) is 6.56. The van der Waals surface area contributed by atoms with Crippen molar-refractivity contribution in [2.75, 3.05) is 42.3 Å². The fourth-order valence-electron chi connectivity index (χ4n) is 1.20. The predicted octanol–water partition coefficient (Wildman–Crippen LogP) is -1.11.